The molecule has 2 bridgehead atoms. The lowest BCUT2D eigenvalue weighted by atomic mass is 10.0. The number of hydrogen-bond acceptors (Lipinski definition) is 6. The van der Waals surface area contributed by atoms with Crippen LogP contribution < -0.4 is 0 Å². The van der Waals surface area contributed by atoms with Crippen molar-refractivity contribution in [1.29, 1.82) is 0 Å². The lowest BCUT2D eigenvalue weighted by Crippen LogP contribution is -2.56. The van der Waals surface area contributed by atoms with Crippen molar-refractivity contribution in [2.75, 3.05) is 13.2 Å². The maximum atomic E-state index is 14.6. The largest absolute Gasteiger partial charge is 0.436 e. The van der Waals surface area contributed by atoms with Gasteiger partial charge in [0.05, 0.1) is 24.8 Å². The first-order chi connectivity index (χ1) is 15.3. The van der Waals surface area contributed by atoms with Crippen LogP contribution in [0.4, 0.5) is 22.0 Å². The van der Waals surface area contributed by atoms with E-state index in [-0.39, 0.29) is 37.1 Å². The second-order valence-electron chi connectivity index (χ2n) is 7.26. The van der Waals surface area contributed by atoms with Crippen molar-refractivity contribution in [3.05, 3.63) is 59.3 Å². The lowest BCUT2D eigenvalue weighted by Gasteiger charge is -2.45. The number of rotatable bonds is 2. The first-order valence-electron chi connectivity index (χ1n) is 9.43. The first-order valence-corrected chi connectivity index (χ1v) is 9.43. The average molecular weight is 452 g/mol. The number of aromatic nitrogens is 5. The van der Waals surface area contributed by atoms with Gasteiger partial charge in [0.25, 0.3) is 5.91 Å². The Morgan fingerprint density at radius 2 is 1.91 bits per heavy atom. The van der Waals surface area contributed by atoms with Gasteiger partial charge in [-0.15, -0.1) is 10.2 Å². The fourth-order valence-electron chi connectivity index (χ4n) is 4.00. The molecule has 0 spiro atoms. The Hall–Kier alpha value is -3.48. The number of halogens is 5. The highest BCUT2D eigenvalue weighted by atomic mass is 19.4. The molecule has 5 heterocycles. The van der Waals surface area contributed by atoms with E-state index in [1.54, 1.807) is 4.57 Å². The second kappa shape index (κ2) is 7.29. The van der Waals surface area contributed by atoms with Gasteiger partial charge in [-0.05, 0) is 18.2 Å². The normalized spacial score (nSPS) is 20.2. The molecule has 1 amide bonds. The number of carbonyl (C=O) groups is 1. The summed E-state index contributed by atoms with van der Waals surface area (Å²) >= 11 is 0. The highest BCUT2D eigenvalue weighted by molar-refractivity contribution is 5.95. The van der Waals surface area contributed by atoms with Crippen LogP contribution in [0.15, 0.2) is 30.6 Å². The molecule has 2 aliphatic heterocycles. The summed E-state index contributed by atoms with van der Waals surface area (Å²) in [6.45, 7) is 0.0709. The molecule has 32 heavy (non-hydrogen) atoms. The molecule has 8 nitrogen and oxygen atoms in total. The Bertz CT molecular complexity index is 1210. The fraction of sp³-hybridized carbons (Fsp3) is 0.316. The molecule has 1 saturated heterocycles. The SMILES string of the molecule is O=C(c1ccnc(C(F)(F)F)c1F)N1[C@H]2COC[C@@H]1c1nnc(-c3ncccc3F)n1C2. The third-order valence-electron chi connectivity index (χ3n) is 5.38. The molecule has 0 radical (unpaired) electrons. The topological polar surface area (TPSA) is 86.0 Å². The Morgan fingerprint density at radius 3 is 2.66 bits per heavy atom. The van der Waals surface area contributed by atoms with Crippen LogP contribution in [0.1, 0.15) is 27.9 Å². The van der Waals surface area contributed by atoms with Crippen molar-refractivity contribution in [1.82, 2.24) is 29.6 Å². The van der Waals surface area contributed by atoms with Crippen molar-refractivity contribution < 1.29 is 31.5 Å². The standard InChI is InChI=1S/C19H13F5N6O2/c20-11-2-1-4-25-14(11)17-28-27-16-12-8-32-7-9(6-29(16)17)30(12)18(31)10-3-5-26-15(13(10)21)19(22,23)24/h1-5,9,12H,6-8H2/t9-,12-/m1/s1. The molecule has 3 aromatic rings. The molecule has 13 heteroatoms. The summed E-state index contributed by atoms with van der Waals surface area (Å²) in [5.74, 6) is -2.92. The van der Waals surface area contributed by atoms with Gasteiger partial charge >= 0.3 is 6.18 Å². The number of hydrogen-bond donors (Lipinski definition) is 0. The highest BCUT2D eigenvalue weighted by Crippen LogP contribution is 2.37. The zero-order valence-electron chi connectivity index (χ0n) is 16.1. The van der Waals surface area contributed by atoms with E-state index in [2.05, 4.69) is 20.2 Å². The van der Waals surface area contributed by atoms with Gasteiger partial charge in [0.15, 0.2) is 29.0 Å². The van der Waals surface area contributed by atoms with Crippen LogP contribution in [0.3, 0.4) is 0 Å². The molecule has 1 fully saturated rings. The van der Waals surface area contributed by atoms with E-state index < -0.39 is 47.1 Å². The molecule has 0 unspecified atom stereocenters. The van der Waals surface area contributed by atoms with Gasteiger partial charge in [-0.3, -0.25) is 4.79 Å². The van der Waals surface area contributed by atoms with Gasteiger partial charge in [-0.2, -0.15) is 13.2 Å². The van der Waals surface area contributed by atoms with Crippen molar-refractivity contribution in [2.24, 2.45) is 0 Å². The van der Waals surface area contributed by atoms with Crippen molar-refractivity contribution in [3.63, 3.8) is 0 Å². The molecular formula is C19H13F5N6O2. The average Bonchev–Trinajstić information content (AvgIpc) is 3.16. The second-order valence-corrected chi connectivity index (χ2v) is 7.26. The van der Waals surface area contributed by atoms with Gasteiger partial charge in [-0.25, -0.2) is 18.7 Å². The molecule has 0 aromatic carbocycles. The highest BCUT2D eigenvalue weighted by Gasteiger charge is 2.46. The minimum Gasteiger partial charge on any atom is -0.377 e. The van der Waals surface area contributed by atoms with Gasteiger partial charge in [0.2, 0.25) is 0 Å². The number of fused-ring (bicyclic) bond motifs is 4. The number of alkyl halides is 3. The quantitative estimate of drug-likeness (QED) is 0.556. The third-order valence-corrected chi connectivity index (χ3v) is 5.38. The van der Waals surface area contributed by atoms with Gasteiger partial charge in [0.1, 0.15) is 11.7 Å². The molecule has 0 saturated carbocycles. The molecule has 2 atom stereocenters. The fourth-order valence-corrected chi connectivity index (χ4v) is 4.00. The predicted octanol–water partition coefficient (Wildman–Crippen LogP) is 2.63. The zero-order valence-corrected chi connectivity index (χ0v) is 16.1. The number of pyridine rings is 2. The van der Waals surface area contributed by atoms with Crippen LogP contribution >= 0.6 is 0 Å². The Kier molecular flexibility index (Phi) is 4.65. The Balaban J connectivity index is 1.56. The summed E-state index contributed by atoms with van der Waals surface area (Å²) in [7, 11) is 0. The van der Waals surface area contributed by atoms with Crippen LogP contribution in [0.2, 0.25) is 0 Å². The monoisotopic (exact) mass is 452 g/mol. The molecule has 2 aliphatic rings. The van der Waals surface area contributed by atoms with E-state index in [4.69, 9.17) is 4.74 Å². The summed E-state index contributed by atoms with van der Waals surface area (Å²) in [5, 5.41) is 8.05. The number of morpholine rings is 1. The molecule has 3 aromatic heterocycles. The van der Waals surface area contributed by atoms with Crippen molar-refractivity contribution >= 4 is 5.91 Å². The van der Waals surface area contributed by atoms with E-state index in [0.29, 0.717) is 0 Å². The predicted molar refractivity (Wildman–Crippen MR) is 95.9 cm³/mol. The number of carbonyl (C=O) groups excluding carboxylic acids is 1. The van der Waals surface area contributed by atoms with E-state index in [0.717, 1.165) is 12.3 Å². The van der Waals surface area contributed by atoms with Crippen LogP contribution in [0, 0.1) is 11.6 Å². The van der Waals surface area contributed by atoms with Crippen LogP contribution in [-0.4, -0.2) is 54.8 Å². The number of nitrogens with zero attached hydrogens (tertiary/aromatic N) is 6. The first kappa shape index (κ1) is 20.4. The summed E-state index contributed by atoms with van der Waals surface area (Å²) in [5.41, 5.74) is -2.55. The number of amides is 1. The maximum Gasteiger partial charge on any atom is 0.436 e. The van der Waals surface area contributed by atoms with Crippen molar-refractivity contribution in [2.45, 2.75) is 24.8 Å². The maximum absolute atomic E-state index is 14.6. The van der Waals surface area contributed by atoms with E-state index >= 15 is 0 Å². The minimum absolute atomic E-state index is 0.0278. The van der Waals surface area contributed by atoms with Gasteiger partial charge < -0.3 is 14.2 Å². The molecule has 5 rings (SSSR count). The minimum atomic E-state index is -5.05. The van der Waals surface area contributed by atoms with E-state index in [1.807, 2.05) is 0 Å². The number of ether oxygens (including phenoxy) is 1. The van der Waals surface area contributed by atoms with Crippen LogP contribution in [0.25, 0.3) is 11.5 Å². The third kappa shape index (κ3) is 3.11. The molecule has 0 N–H and O–H groups in total. The van der Waals surface area contributed by atoms with Gasteiger partial charge in [-0.1, -0.05) is 0 Å². The van der Waals surface area contributed by atoms with Gasteiger partial charge in [0, 0.05) is 18.9 Å². The van der Waals surface area contributed by atoms with E-state index in [1.165, 1.54) is 23.2 Å². The molecule has 0 aliphatic carbocycles. The summed E-state index contributed by atoms with van der Waals surface area (Å²) in [6.07, 6.45) is -2.92. The molecular weight excluding hydrogens is 439 g/mol. The summed E-state index contributed by atoms with van der Waals surface area (Å²) in [6, 6.07) is 2.02. The Morgan fingerprint density at radius 1 is 1.09 bits per heavy atom. The summed E-state index contributed by atoms with van der Waals surface area (Å²) < 4.78 is 75.1. The molecule has 166 valence electrons. The smallest absolute Gasteiger partial charge is 0.377 e. The van der Waals surface area contributed by atoms with Crippen molar-refractivity contribution in [3.8, 4) is 11.5 Å². The Labute approximate surface area is 176 Å². The van der Waals surface area contributed by atoms with Crippen LogP contribution in [-0.2, 0) is 17.5 Å². The lowest BCUT2D eigenvalue weighted by molar-refractivity contribution is -0.143. The van der Waals surface area contributed by atoms with Crippen LogP contribution in [0.5, 0.6) is 0 Å². The van der Waals surface area contributed by atoms with E-state index in [9.17, 15) is 26.7 Å². The summed E-state index contributed by atoms with van der Waals surface area (Å²) in [4.78, 5) is 21.4. The zero-order chi connectivity index (χ0) is 22.6.